The van der Waals surface area contributed by atoms with Crippen LogP contribution in [0.15, 0.2) is 54.7 Å². The van der Waals surface area contributed by atoms with Crippen LogP contribution in [0.4, 0.5) is 0 Å². The van der Waals surface area contributed by atoms with Gasteiger partial charge in [0.25, 0.3) is 0 Å². The summed E-state index contributed by atoms with van der Waals surface area (Å²) in [5.74, 6) is 0.768. The number of pyridine rings is 1. The average Bonchev–Trinajstić information content (AvgIpc) is 3.03. The van der Waals surface area contributed by atoms with Crippen LogP contribution < -0.4 is 5.32 Å². The molecule has 1 atom stereocenters. The first-order valence-electron chi connectivity index (χ1n) is 6.81. The van der Waals surface area contributed by atoms with Gasteiger partial charge in [-0.3, -0.25) is 4.98 Å². The second-order valence-corrected chi connectivity index (χ2v) is 4.70. The van der Waals surface area contributed by atoms with Gasteiger partial charge in [0.15, 0.2) is 5.82 Å². The number of hydrogen-bond donors (Lipinski definition) is 1. The second kappa shape index (κ2) is 6.23. The van der Waals surface area contributed by atoms with Crippen LogP contribution in [0.25, 0.3) is 5.69 Å². The van der Waals surface area contributed by atoms with E-state index in [1.54, 1.807) is 10.9 Å². The Hall–Kier alpha value is -2.60. The minimum absolute atomic E-state index is 0.132. The highest BCUT2D eigenvalue weighted by molar-refractivity contribution is 5.30. The van der Waals surface area contributed by atoms with E-state index in [9.17, 15) is 0 Å². The highest BCUT2D eigenvalue weighted by Crippen LogP contribution is 2.10. The molecule has 0 amide bonds. The zero-order valence-electron chi connectivity index (χ0n) is 11.7. The summed E-state index contributed by atoms with van der Waals surface area (Å²) in [6, 6.07) is 15.9. The minimum Gasteiger partial charge on any atom is -0.302 e. The maximum Gasteiger partial charge on any atom is 0.170 e. The molecule has 3 rings (SSSR count). The molecule has 2 aromatic heterocycles. The topological polar surface area (TPSA) is 68.5 Å². The summed E-state index contributed by atoms with van der Waals surface area (Å²) in [4.78, 5) is 4.34. The summed E-state index contributed by atoms with van der Waals surface area (Å²) in [7, 11) is 0. The van der Waals surface area contributed by atoms with Gasteiger partial charge in [-0.15, -0.1) is 5.10 Å². The molecular formula is C15H16N6. The molecule has 0 aliphatic carbocycles. The average molecular weight is 280 g/mol. The van der Waals surface area contributed by atoms with Gasteiger partial charge in [0, 0.05) is 12.2 Å². The molecule has 106 valence electrons. The van der Waals surface area contributed by atoms with Crippen molar-refractivity contribution in [3.63, 3.8) is 0 Å². The molecule has 0 bridgehead atoms. The molecule has 2 heterocycles. The molecule has 21 heavy (non-hydrogen) atoms. The Morgan fingerprint density at radius 2 is 1.90 bits per heavy atom. The Bertz CT molecular complexity index is 680. The van der Waals surface area contributed by atoms with Gasteiger partial charge in [-0.2, -0.15) is 4.68 Å². The molecular weight excluding hydrogens is 264 g/mol. The zero-order chi connectivity index (χ0) is 14.5. The SMILES string of the molecule is C[C@H](NCc1nnnn1-c1ccccc1)c1ccccn1. The lowest BCUT2D eigenvalue weighted by atomic mass is 10.2. The first kappa shape index (κ1) is 13.4. The van der Waals surface area contributed by atoms with Gasteiger partial charge in [0.2, 0.25) is 0 Å². The van der Waals surface area contributed by atoms with E-state index in [-0.39, 0.29) is 6.04 Å². The number of hydrogen-bond acceptors (Lipinski definition) is 5. The largest absolute Gasteiger partial charge is 0.302 e. The first-order valence-corrected chi connectivity index (χ1v) is 6.81. The smallest absolute Gasteiger partial charge is 0.170 e. The van der Waals surface area contributed by atoms with Crippen LogP contribution in [0.3, 0.4) is 0 Å². The van der Waals surface area contributed by atoms with Crippen molar-refractivity contribution in [1.82, 2.24) is 30.5 Å². The molecule has 0 radical (unpaired) electrons. The van der Waals surface area contributed by atoms with E-state index in [1.165, 1.54) is 0 Å². The zero-order valence-corrected chi connectivity index (χ0v) is 11.7. The Labute approximate surface area is 122 Å². The number of aromatic nitrogens is 5. The summed E-state index contributed by atoms with van der Waals surface area (Å²) >= 11 is 0. The fourth-order valence-electron chi connectivity index (χ4n) is 2.07. The van der Waals surface area contributed by atoms with E-state index >= 15 is 0 Å². The summed E-state index contributed by atoms with van der Waals surface area (Å²) in [5.41, 5.74) is 1.95. The summed E-state index contributed by atoms with van der Waals surface area (Å²) < 4.78 is 1.73. The lowest BCUT2D eigenvalue weighted by molar-refractivity contribution is 0.540. The number of nitrogens with zero attached hydrogens (tertiary/aromatic N) is 5. The van der Waals surface area contributed by atoms with Crippen molar-refractivity contribution >= 4 is 0 Å². The number of nitrogens with one attached hydrogen (secondary N) is 1. The summed E-state index contributed by atoms with van der Waals surface area (Å²) in [6.07, 6.45) is 1.79. The predicted molar refractivity (Wildman–Crippen MR) is 78.6 cm³/mol. The van der Waals surface area contributed by atoms with Gasteiger partial charge in [0.05, 0.1) is 17.9 Å². The van der Waals surface area contributed by atoms with E-state index in [0.29, 0.717) is 6.54 Å². The van der Waals surface area contributed by atoms with E-state index in [2.05, 4.69) is 32.7 Å². The second-order valence-electron chi connectivity index (χ2n) is 4.70. The van der Waals surface area contributed by atoms with E-state index in [1.807, 2.05) is 48.5 Å². The van der Waals surface area contributed by atoms with Crippen LogP contribution in [0.2, 0.25) is 0 Å². The van der Waals surface area contributed by atoms with Gasteiger partial charge in [-0.1, -0.05) is 24.3 Å². The monoisotopic (exact) mass is 280 g/mol. The predicted octanol–water partition coefficient (Wildman–Crippen LogP) is 1.91. The van der Waals surface area contributed by atoms with Crippen molar-refractivity contribution in [2.75, 3.05) is 0 Å². The van der Waals surface area contributed by atoms with Gasteiger partial charge in [0.1, 0.15) is 0 Å². The molecule has 1 N–H and O–H groups in total. The molecule has 0 aliphatic heterocycles. The van der Waals surface area contributed by atoms with Crippen molar-refractivity contribution in [3.05, 3.63) is 66.2 Å². The van der Waals surface area contributed by atoms with Crippen molar-refractivity contribution in [2.45, 2.75) is 19.5 Å². The Balaban J connectivity index is 1.71. The Kier molecular flexibility index (Phi) is 3.97. The van der Waals surface area contributed by atoms with Gasteiger partial charge in [-0.05, 0) is 41.6 Å². The maximum absolute atomic E-state index is 4.34. The molecule has 0 saturated carbocycles. The van der Waals surface area contributed by atoms with Crippen LogP contribution in [0.1, 0.15) is 24.5 Å². The Morgan fingerprint density at radius 3 is 2.67 bits per heavy atom. The van der Waals surface area contributed by atoms with Crippen LogP contribution in [0, 0.1) is 0 Å². The molecule has 1 aromatic carbocycles. The van der Waals surface area contributed by atoms with E-state index in [4.69, 9.17) is 0 Å². The van der Waals surface area contributed by atoms with Crippen molar-refractivity contribution in [2.24, 2.45) is 0 Å². The first-order chi connectivity index (χ1) is 10.3. The van der Waals surface area contributed by atoms with Crippen LogP contribution in [0.5, 0.6) is 0 Å². The number of tetrazole rings is 1. The highest BCUT2D eigenvalue weighted by atomic mass is 15.5. The molecule has 0 unspecified atom stereocenters. The third kappa shape index (κ3) is 3.11. The van der Waals surface area contributed by atoms with Crippen molar-refractivity contribution in [3.8, 4) is 5.69 Å². The standard InChI is InChI=1S/C15H16N6/c1-12(14-9-5-6-10-16-14)17-11-15-18-19-20-21(15)13-7-3-2-4-8-13/h2-10,12,17H,11H2,1H3/t12-/m0/s1. The molecule has 0 aliphatic rings. The molecule has 6 nitrogen and oxygen atoms in total. The fraction of sp³-hybridized carbons (Fsp3) is 0.200. The lowest BCUT2D eigenvalue weighted by Gasteiger charge is -2.12. The van der Waals surface area contributed by atoms with E-state index in [0.717, 1.165) is 17.2 Å². The number of rotatable bonds is 5. The van der Waals surface area contributed by atoms with Crippen LogP contribution in [-0.2, 0) is 6.54 Å². The normalized spacial score (nSPS) is 12.2. The third-order valence-electron chi connectivity index (χ3n) is 3.23. The van der Waals surface area contributed by atoms with E-state index < -0.39 is 0 Å². The van der Waals surface area contributed by atoms with Gasteiger partial charge in [-0.25, -0.2) is 0 Å². The molecule has 6 heteroatoms. The molecule has 0 saturated heterocycles. The quantitative estimate of drug-likeness (QED) is 0.773. The molecule has 3 aromatic rings. The van der Waals surface area contributed by atoms with Gasteiger partial charge >= 0.3 is 0 Å². The Morgan fingerprint density at radius 1 is 1.10 bits per heavy atom. The van der Waals surface area contributed by atoms with Crippen LogP contribution in [-0.4, -0.2) is 25.2 Å². The summed E-state index contributed by atoms with van der Waals surface area (Å²) in [5, 5.41) is 15.3. The van der Waals surface area contributed by atoms with Crippen molar-refractivity contribution in [1.29, 1.82) is 0 Å². The van der Waals surface area contributed by atoms with Crippen molar-refractivity contribution < 1.29 is 0 Å². The highest BCUT2D eigenvalue weighted by Gasteiger charge is 2.11. The molecule has 0 fully saturated rings. The lowest BCUT2D eigenvalue weighted by Crippen LogP contribution is -2.21. The minimum atomic E-state index is 0.132. The fourth-order valence-corrected chi connectivity index (χ4v) is 2.07. The number of para-hydroxylation sites is 1. The summed E-state index contributed by atoms with van der Waals surface area (Å²) in [6.45, 7) is 2.64. The van der Waals surface area contributed by atoms with Gasteiger partial charge < -0.3 is 5.32 Å². The molecule has 0 spiro atoms. The third-order valence-corrected chi connectivity index (χ3v) is 3.23. The number of benzene rings is 1. The maximum atomic E-state index is 4.34. The van der Waals surface area contributed by atoms with Crippen LogP contribution >= 0.6 is 0 Å².